The Bertz CT molecular complexity index is 557. The molecule has 0 aliphatic heterocycles. The molecule has 1 heterocycles. The standard InChI is InChI=1S/C13H11ClO4/c1-16-11-7-10(18-12(11)13(15)17-2)8-3-5-9(14)6-4-8/h3-7H,1-2H3. The van der Waals surface area contributed by atoms with Gasteiger partial charge < -0.3 is 13.9 Å². The molecule has 0 atom stereocenters. The minimum atomic E-state index is -0.577. The number of benzene rings is 1. The maximum absolute atomic E-state index is 11.5. The summed E-state index contributed by atoms with van der Waals surface area (Å²) >= 11 is 5.81. The number of methoxy groups -OCH3 is 2. The summed E-state index contributed by atoms with van der Waals surface area (Å²) in [5, 5.41) is 0.630. The third kappa shape index (κ3) is 2.33. The number of esters is 1. The molecule has 0 aliphatic rings. The summed E-state index contributed by atoms with van der Waals surface area (Å²) in [6, 6.07) is 8.70. The average molecular weight is 267 g/mol. The highest BCUT2D eigenvalue weighted by atomic mass is 35.5. The Balaban J connectivity index is 2.43. The van der Waals surface area contributed by atoms with Gasteiger partial charge in [0.2, 0.25) is 0 Å². The third-order valence-corrected chi connectivity index (χ3v) is 2.67. The number of ether oxygens (including phenoxy) is 2. The smallest absolute Gasteiger partial charge is 0.377 e. The Kier molecular flexibility index (Phi) is 3.58. The van der Waals surface area contributed by atoms with E-state index in [1.807, 2.05) is 0 Å². The van der Waals surface area contributed by atoms with E-state index in [2.05, 4.69) is 4.74 Å². The maximum Gasteiger partial charge on any atom is 0.377 e. The van der Waals surface area contributed by atoms with E-state index < -0.39 is 5.97 Å². The first-order valence-electron chi connectivity index (χ1n) is 5.17. The van der Waals surface area contributed by atoms with E-state index in [4.69, 9.17) is 20.8 Å². The predicted molar refractivity (Wildman–Crippen MR) is 67.0 cm³/mol. The summed E-state index contributed by atoms with van der Waals surface area (Å²) in [4.78, 5) is 11.5. The zero-order chi connectivity index (χ0) is 13.1. The molecule has 0 unspecified atom stereocenters. The van der Waals surface area contributed by atoms with E-state index in [9.17, 15) is 4.79 Å². The van der Waals surface area contributed by atoms with E-state index in [1.54, 1.807) is 30.3 Å². The summed E-state index contributed by atoms with van der Waals surface area (Å²) in [5.41, 5.74) is 0.799. The van der Waals surface area contributed by atoms with Gasteiger partial charge in [-0.3, -0.25) is 0 Å². The van der Waals surface area contributed by atoms with E-state index in [1.165, 1.54) is 14.2 Å². The number of hydrogen-bond acceptors (Lipinski definition) is 4. The van der Waals surface area contributed by atoms with E-state index >= 15 is 0 Å². The molecule has 18 heavy (non-hydrogen) atoms. The first kappa shape index (κ1) is 12.5. The van der Waals surface area contributed by atoms with Crippen LogP contribution in [0.2, 0.25) is 5.02 Å². The fraction of sp³-hybridized carbons (Fsp3) is 0.154. The Labute approximate surface area is 109 Å². The van der Waals surface area contributed by atoms with Gasteiger partial charge in [0.25, 0.3) is 5.76 Å². The van der Waals surface area contributed by atoms with Crippen molar-refractivity contribution >= 4 is 17.6 Å². The Morgan fingerprint density at radius 1 is 1.22 bits per heavy atom. The number of hydrogen-bond donors (Lipinski definition) is 0. The molecule has 1 aromatic carbocycles. The molecule has 0 fully saturated rings. The summed E-state index contributed by atoms with van der Waals surface area (Å²) in [5.74, 6) is 0.327. The average Bonchev–Trinajstić information content (AvgIpc) is 2.82. The highest BCUT2D eigenvalue weighted by molar-refractivity contribution is 6.30. The number of rotatable bonds is 3. The van der Waals surface area contributed by atoms with Crippen LogP contribution in [0.15, 0.2) is 34.7 Å². The molecular formula is C13H11ClO4. The number of carbonyl (C=O) groups is 1. The van der Waals surface area contributed by atoms with Crippen LogP contribution in [0.25, 0.3) is 11.3 Å². The quantitative estimate of drug-likeness (QED) is 0.799. The van der Waals surface area contributed by atoms with Crippen molar-refractivity contribution in [3.63, 3.8) is 0 Å². The van der Waals surface area contributed by atoms with E-state index in [0.717, 1.165) is 5.56 Å². The summed E-state index contributed by atoms with van der Waals surface area (Å²) < 4.78 is 15.1. The molecule has 0 N–H and O–H groups in total. The molecule has 2 aromatic rings. The summed E-state index contributed by atoms with van der Waals surface area (Å²) in [7, 11) is 2.75. The van der Waals surface area contributed by atoms with Crippen molar-refractivity contribution in [1.29, 1.82) is 0 Å². The zero-order valence-electron chi connectivity index (χ0n) is 9.90. The monoisotopic (exact) mass is 266 g/mol. The lowest BCUT2D eigenvalue weighted by Gasteiger charge is -1.98. The lowest BCUT2D eigenvalue weighted by molar-refractivity contribution is 0.0561. The zero-order valence-corrected chi connectivity index (χ0v) is 10.7. The maximum atomic E-state index is 11.5. The Morgan fingerprint density at radius 3 is 2.44 bits per heavy atom. The van der Waals surface area contributed by atoms with Crippen molar-refractivity contribution in [1.82, 2.24) is 0 Å². The van der Waals surface area contributed by atoms with Crippen molar-refractivity contribution in [3.05, 3.63) is 41.1 Å². The molecule has 1 aromatic heterocycles. The van der Waals surface area contributed by atoms with Gasteiger partial charge >= 0.3 is 5.97 Å². The van der Waals surface area contributed by atoms with Crippen LogP contribution >= 0.6 is 11.6 Å². The first-order valence-corrected chi connectivity index (χ1v) is 5.55. The van der Waals surface area contributed by atoms with Crippen molar-refractivity contribution in [2.24, 2.45) is 0 Å². The first-order chi connectivity index (χ1) is 8.65. The van der Waals surface area contributed by atoms with Crippen LogP contribution in [0.1, 0.15) is 10.6 Å². The number of halogens is 1. The summed E-state index contributed by atoms with van der Waals surface area (Å²) in [6.07, 6.45) is 0. The molecule has 94 valence electrons. The van der Waals surface area contributed by atoms with Gasteiger partial charge in [-0.1, -0.05) is 11.6 Å². The van der Waals surface area contributed by atoms with Crippen LogP contribution < -0.4 is 4.74 Å². The van der Waals surface area contributed by atoms with Crippen LogP contribution in [-0.2, 0) is 4.74 Å². The van der Waals surface area contributed by atoms with E-state index in [-0.39, 0.29) is 5.76 Å². The normalized spacial score (nSPS) is 10.2. The SMILES string of the molecule is COC(=O)c1oc(-c2ccc(Cl)cc2)cc1OC. The van der Waals surface area contributed by atoms with Gasteiger partial charge in [-0.05, 0) is 24.3 Å². The van der Waals surface area contributed by atoms with Crippen molar-refractivity contribution < 1.29 is 18.7 Å². The van der Waals surface area contributed by atoms with Gasteiger partial charge in [0.05, 0.1) is 14.2 Å². The second-order valence-electron chi connectivity index (χ2n) is 3.51. The minimum absolute atomic E-state index is 0.0463. The van der Waals surface area contributed by atoms with Crippen LogP contribution in [0.3, 0.4) is 0 Å². The molecule has 5 heteroatoms. The second-order valence-corrected chi connectivity index (χ2v) is 3.94. The lowest BCUT2D eigenvalue weighted by atomic mass is 10.2. The molecule has 0 aliphatic carbocycles. The van der Waals surface area contributed by atoms with E-state index in [0.29, 0.717) is 16.5 Å². The number of furan rings is 1. The highest BCUT2D eigenvalue weighted by Gasteiger charge is 2.20. The predicted octanol–water partition coefficient (Wildman–Crippen LogP) is 3.40. The van der Waals surface area contributed by atoms with Gasteiger partial charge in [0.1, 0.15) is 5.76 Å². The third-order valence-electron chi connectivity index (χ3n) is 2.42. The van der Waals surface area contributed by atoms with Crippen molar-refractivity contribution in [2.45, 2.75) is 0 Å². The lowest BCUT2D eigenvalue weighted by Crippen LogP contribution is -2.01. The molecular weight excluding hydrogens is 256 g/mol. The van der Waals surface area contributed by atoms with Crippen LogP contribution in [-0.4, -0.2) is 20.2 Å². The van der Waals surface area contributed by atoms with Crippen LogP contribution in [0, 0.1) is 0 Å². The van der Waals surface area contributed by atoms with Crippen LogP contribution in [0.4, 0.5) is 0 Å². The minimum Gasteiger partial charge on any atom is -0.492 e. The van der Waals surface area contributed by atoms with Gasteiger partial charge in [0, 0.05) is 16.7 Å². The van der Waals surface area contributed by atoms with Crippen molar-refractivity contribution in [3.8, 4) is 17.1 Å². The molecule has 4 nitrogen and oxygen atoms in total. The van der Waals surface area contributed by atoms with Crippen molar-refractivity contribution in [2.75, 3.05) is 14.2 Å². The molecule has 0 spiro atoms. The number of carbonyl (C=O) groups excluding carboxylic acids is 1. The largest absolute Gasteiger partial charge is 0.492 e. The van der Waals surface area contributed by atoms with Gasteiger partial charge in [0.15, 0.2) is 5.75 Å². The molecule has 2 rings (SSSR count). The van der Waals surface area contributed by atoms with Crippen LogP contribution in [0.5, 0.6) is 5.75 Å². The van der Waals surface area contributed by atoms with Gasteiger partial charge in [-0.2, -0.15) is 0 Å². The Hall–Kier alpha value is -1.94. The van der Waals surface area contributed by atoms with Gasteiger partial charge in [-0.25, -0.2) is 4.79 Å². The second kappa shape index (κ2) is 5.14. The highest BCUT2D eigenvalue weighted by Crippen LogP contribution is 2.31. The van der Waals surface area contributed by atoms with Gasteiger partial charge in [-0.15, -0.1) is 0 Å². The Morgan fingerprint density at radius 2 is 1.89 bits per heavy atom. The summed E-state index contributed by atoms with van der Waals surface area (Å²) in [6.45, 7) is 0. The fourth-order valence-corrected chi connectivity index (χ4v) is 1.64. The molecule has 0 saturated heterocycles. The fourth-order valence-electron chi connectivity index (χ4n) is 1.52. The molecule has 0 bridgehead atoms. The molecule has 0 amide bonds. The molecule has 0 saturated carbocycles. The molecule has 0 radical (unpaired) electrons. The topological polar surface area (TPSA) is 48.7 Å².